The third-order valence-corrected chi connectivity index (χ3v) is 3.83. The molecule has 80 valence electrons. The highest BCUT2D eigenvalue weighted by atomic mass is 16.5. The average molecular weight is 196 g/mol. The molecule has 0 spiro atoms. The van der Waals surface area contributed by atoms with Crippen molar-refractivity contribution in [3.63, 3.8) is 0 Å². The topological polar surface area (TPSA) is 26.3 Å². The Hall–Kier alpha value is -0.370. The molecule has 2 fully saturated rings. The third-order valence-electron chi connectivity index (χ3n) is 3.83. The first-order valence-electron chi connectivity index (χ1n) is 5.86. The zero-order valence-electron chi connectivity index (χ0n) is 9.05. The summed E-state index contributed by atoms with van der Waals surface area (Å²) in [5, 5.41) is 0. The lowest BCUT2D eigenvalue weighted by atomic mass is 9.74. The summed E-state index contributed by atoms with van der Waals surface area (Å²) < 4.78 is 5.85. The molecular weight excluding hydrogens is 176 g/mol. The fraction of sp³-hybridized carbons (Fsp3) is 0.917. The van der Waals surface area contributed by atoms with E-state index in [9.17, 15) is 4.79 Å². The Bertz CT molecular complexity index is 218. The van der Waals surface area contributed by atoms with Gasteiger partial charge in [0.05, 0.1) is 12.2 Å². The molecule has 1 saturated carbocycles. The average Bonchev–Trinajstić information content (AvgIpc) is 2.19. The van der Waals surface area contributed by atoms with Crippen molar-refractivity contribution >= 4 is 5.78 Å². The van der Waals surface area contributed by atoms with E-state index in [1.807, 2.05) is 0 Å². The smallest absolute Gasteiger partial charge is 0.138 e. The van der Waals surface area contributed by atoms with E-state index >= 15 is 0 Å². The van der Waals surface area contributed by atoms with E-state index in [0.717, 1.165) is 0 Å². The summed E-state index contributed by atoms with van der Waals surface area (Å²) in [5.74, 6) is 1.02. The molecule has 1 atom stereocenters. The summed E-state index contributed by atoms with van der Waals surface area (Å²) in [6, 6.07) is 0. The summed E-state index contributed by atoms with van der Waals surface area (Å²) in [5.41, 5.74) is -0.129. The fourth-order valence-corrected chi connectivity index (χ4v) is 2.90. The van der Waals surface area contributed by atoms with Gasteiger partial charge in [0.2, 0.25) is 0 Å². The van der Waals surface area contributed by atoms with Crippen LogP contribution in [0.25, 0.3) is 0 Å². The summed E-state index contributed by atoms with van der Waals surface area (Å²) >= 11 is 0. The molecule has 0 aromatic rings. The zero-order chi connectivity index (χ0) is 10.0. The fourth-order valence-electron chi connectivity index (χ4n) is 2.90. The van der Waals surface area contributed by atoms with Crippen LogP contribution in [0.15, 0.2) is 0 Å². The van der Waals surface area contributed by atoms with Crippen LogP contribution in [0, 0.1) is 5.92 Å². The summed E-state index contributed by atoms with van der Waals surface area (Å²) in [6.07, 6.45) is 7.78. The second kappa shape index (κ2) is 4.01. The second-order valence-electron chi connectivity index (χ2n) is 4.96. The van der Waals surface area contributed by atoms with Gasteiger partial charge in [-0.3, -0.25) is 4.79 Å². The molecule has 0 amide bonds. The van der Waals surface area contributed by atoms with Crippen molar-refractivity contribution in [1.82, 2.24) is 0 Å². The van der Waals surface area contributed by atoms with Gasteiger partial charge in [-0.1, -0.05) is 19.3 Å². The van der Waals surface area contributed by atoms with Crippen molar-refractivity contribution < 1.29 is 9.53 Å². The minimum atomic E-state index is -0.129. The Morgan fingerprint density at radius 1 is 1.29 bits per heavy atom. The molecule has 1 aliphatic carbocycles. The van der Waals surface area contributed by atoms with Crippen LogP contribution in [0.1, 0.15) is 51.9 Å². The van der Waals surface area contributed by atoms with Gasteiger partial charge in [-0.05, 0) is 25.7 Å². The molecule has 2 rings (SSSR count). The Morgan fingerprint density at radius 3 is 2.64 bits per heavy atom. The van der Waals surface area contributed by atoms with Gasteiger partial charge in [-0.25, -0.2) is 0 Å². The van der Waals surface area contributed by atoms with Gasteiger partial charge in [0, 0.05) is 12.8 Å². The first-order valence-corrected chi connectivity index (χ1v) is 5.86. The van der Waals surface area contributed by atoms with E-state index in [-0.39, 0.29) is 5.60 Å². The minimum Gasteiger partial charge on any atom is -0.374 e. The number of rotatable bonds is 1. The SMILES string of the molecule is CC1(C2CCCCC2)CC(=O)CCO1. The Kier molecular flexibility index (Phi) is 2.91. The van der Waals surface area contributed by atoms with Crippen LogP contribution in [0.3, 0.4) is 0 Å². The predicted molar refractivity (Wildman–Crippen MR) is 55.2 cm³/mol. The molecule has 2 heteroatoms. The Balaban J connectivity index is 2.01. The maximum absolute atomic E-state index is 11.4. The number of hydrogen-bond acceptors (Lipinski definition) is 2. The molecular formula is C12H20O2. The molecule has 0 N–H and O–H groups in total. The van der Waals surface area contributed by atoms with Gasteiger partial charge in [-0.15, -0.1) is 0 Å². The molecule has 0 aromatic carbocycles. The van der Waals surface area contributed by atoms with Crippen LogP contribution in [0.4, 0.5) is 0 Å². The first-order chi connectivity index (χ1) is 6.71. The lowest BCUT2D eigenvalue weighted by Crippen LogP contribution is -2.44. The normalized spacial score (nSPS) is 35.9. The predicted octanol–water partition coefficient (Wildman–Crippen LogP) is 2.70. The van der Waals surface area contributed by atoms with Crippen molar-refractivity contribution in [2.75, 3.05) is 6.61 Å². The maximum atomic E-state index is 11.4. The van der Waals surface area contributed by atoms with Crippen LogP contribution in [-0.4, -0.2) is 18.0 Å². The molecule has 1 unspecified atom stereocenters. The van der Waals surface area contributed by atoms with Crippen molar-refractivity contribution in [3.8, 4) is 0 Å². The van der Waals surface area contributed by atoms with Crippen LogP contribution in [0.2, 0.25) is 0 Å². The highest BCUT2D eigenvalue weighted by Gasteiger charge is 2.39. The zero-order valence-corrected chi connectivity index (χ0v) is 9.05. The number of hydrogen-bond donors (Lipinski definition) is 0. The largest absolute Gasteiger partial charge is 0.374 e. The van der Waals surface area contributed by atoms with Gasteiger partial charge >= 0.3 is 0 Å². The van der Waals surface area contributed by atoms with Gasteiger partial charge in [0.15, 0.2) is 0 Å². The van der Waals surface area contributed by atoms with E-state index in [4.69, 9.17) is 4.74 Å². The Labute approximate surface area is 86.0 Å². The minimum absolute atomic E-state index is 0.129. The molecule has 0 radical (unpaired) electrons. The van der Waals surface area contributed by atoms with E-state index < -0.39 is 0 Å². The number of ether oxygens (including phenoxy) is 1. The van der Waals surface area contributed by atoms with Crippen molar-refractivity contribution in [1.29, 1.82) is 0 Å². The molecule has 1 aliphatic heterocycles. The third kappa shape index (κ3) is 2.00. The number of Topliss-reactive ketones (excluding diaryl/α,β-unsaturated/α-hetero) is 1. The van der Waals surface area contributed by atoms with Crippen LogP contribution in [0.5, 0.6) is 0 Å². The van der Waals surface area contributed by atoms with E-state index in [1.54, 1.807) is 0 Å². The van der Waals surface area contributed by atoms with Crippen LogP contribution >= 0.6 is 0 Å². The molecule has 14 heavy (non-hydrogen) atoms. The highest BCUT2D eigenvalue weighted by Crippen LogP contribution is 2.39. The lowest BCUT2D eigenvalue weighted by molar-refractivity contribution is -0.148. The van der Waals surface area contributed by atoms with E-state index in [0.29, 0.717) is 31.1 Å². The van der Waals surface area contributed by atoms with Gasteiger partial charge in [0.25, 0.3) is 0 Å². The molecule has 0 bridgehead atoms. The van der Waals surface area contributed by atoms with E-state index in [2.05, 4.69) is 6.92 Å². The standard InChI is InChI=1S/C12H20O2/c1-12(9-11(13)7-8-14-12)10-5-3-2-4-6-10/h10H,2-9H2,1H3. The van der Waals surface area contributed by atoms with Crippen LogP contribution in [-0.2, 0) is 9.53 Å². The summed E-state index contributed by atoms with van der Waals surface area (Å²) in [7, 11) is 0. The number of carbonyl (C=O) groups is 1. The van der Waals surface area contributed by atoms with E-state index in [1.165, 1.54) is 32.1 Å². The monoisotopic (exact) mass is 196 g/mol. The second-order valence-corrected chi connectivity index (χ2v) is 4.96. The summed E-state index contributed by atoms with van der Waals surface area (Å²) in [6.45, 7) is 2.78. The molecule has 0 aromatic heterocycles. The summed E-state index contributed by atoms with van der Waals surface area (Å²) in [4.78, 5) is 11.4. The highest BCUT2D eigenvalue weighted by molar-refractivity contribution is 5.80. The van der Waals surface area contributed by atoms with Crippen LogP contribution < -0.4 is 0 Å². The molecule has 2 aliphatic rings. The van der Waals surface area contributed by atoms with Gasteiger partial charge < -0.3 is 4.74 Å². The molecule has 1 saturated heterocycles. The van der Waals surface area contributed by atoms with Gasteiger partial charge in [0.1, 0.15) is 5.78 Å². The van der Waals surface area contributed by atoms with Crippen molar-refractivity contribution in [2.45, 2.75) is 57.5 Å². The quantitative estimate of drug-likeness (QED) is 0.644. The maximum Gasteiger partial charge on any atom is 0.138 e. The van der Waals surface area contributed by atoms with Crippen molar-refractivity contribution in [3.05, 3.63) is 0 Å². The lowest BCUT2D eigenvalue weighted by Gasteiger charge is -2.41. The van der Waals surface area contributed by atoms with Gasteiger partial charge in [-0.2, -0.15) is 0 Å². The first kappa shape index (κ1) is 10.2. The van der Waals surface area contributed by atoms with Crippen molar-refractivity contribution in [2.24, 2.45) is 5.92 Å². The number of carbonyl (C=O) groups excluding carboxylic acids is 1. The number of ketones is 1. The molecule has 2 nitrogen and oxygen atoms in total. The molecule has 1 heterocycles. The Morgan fingerprint density at radius 2 is 2.00 bits per heavy atom.